The van der Waals surface area contributed by atoms with Crippen LogP contribution in [0, 0.1) is 0 Å². The molecule has 0 aromatic heterocycles. The van der Waals surface area contributed by atoms with E-state index in [0.717, 1.165) is 0 Å². The smallest absolute Gasteiger partial charge is 0.465 e. The van der Waals surface area contributed by atoms with Crippen LogP contribution < -0.4 is 14.9 Å². The molecule has 0 saturated carbocycles. The second-order valence-corrected chi connectivity index (χ2v) is 6.37. The standard InChI is InChI=1S/C15H19BO6/c1-14(2)15(3,4)22-16(21-14)10-7-12-11(19-8-20-12)6-9(10)13(17)18-5/h6-7H,8H2,1-5H3. The number of benzene rings is 1. The Morgan fingerprint density at radius 2 is 1.64 bits per heavy atom. The molecule has 0 atom stereocenters. The van der Waals surface area contributed by atoms with E-state index in [0.29, 0.717) is 22.5 Å². The molecule has 22 heavy (non-hydrogen) atoms. The van der Waals surface area contributed by atoms with Crippen molar-refractivity contribution in [3.63, 3.8) is 0 Å². The van der Waals surface area contributed by atoms with E-state index in [1.54, 1.807) is 12.1 Å². The monoisotopic (exact) mass is 306 g/mol. The van der Waals surface area contributed by atoms with Gasteiger partial charge in [0.25, 0.3) is 0 Å². The molecule has 0 amide bonds. The van der Waals surface area contributed by atoms with Gasteiger partial charge in [-0.1, -0.05) is 0 Å². The van der Waals surface area contributed by atoms with Gasteiger partial charge in [-0.05, 0) is 39.8 Å². The van der Waals surface area contributed by atoms with Gasteiger partial charge in [0.05, 0.1) is 23.9 Å². The molecule has 6 nitrogen and oxygen atoms in total. The topological polar surface area (TPSA) is 63.2 Å². The fourth-order valence-electron chi connectivity index (χ4n) is 2.41. The Morgan fingerprint density at radius 1 is 1.09 bits per heavy atom. The Bertz CT molecular complexity index is 609. The summed E-state index contributed by atoms with van der Waals surface area (Å²) in [4.78, 5) is 12.1. The van der Waals surface area contributed by atoms with Gasteiger partial charge in [-0.25, -0.2) is 4.79 Å². The molecule has 0 spiro atoms. The third-order valence-corrected chi connectivity index (χ3v) is 4.46. The van der Waals surface area contributed by atoms with Crippen LogP contribution in [0.4, 0.5) is 0 Å². The Hall–Kier alpha value is -1.73. The lowest BCUT2D eigenvalue weighted by molar-refractivity contribution is 0.00578. The molecule has 2 aliphatic rings. The van der Waals surface area contributed by atoms with E-state index in [1.165, 1.54) is 7.11 Å². The Labute approximate surface area is 129 Å². The van der Waals surface area contributed by atoms with Gasteiger partial charge >= 0.3 is 13.1 Å². The number of rotatable bonds is 2. The molecule has 0 radical (unpaired) electrons. The van der Waals surface area contributed by atoms with Crippen molar-refractivity contribution in [2.24, 2.45) is 0 Å². The number of methoxy groups -OCH3 is 1. The second-order valence-electron chi connectivity index (χ2n) is 6.37. The van der Waals surface area contributed by atoms with Crippen molar-refractivity contribution >= 4 is 18.6 Å². The van der Waals surface area contributed by atoms with Gasteiger partial charge in [0.15, 0.2) is 11.5 Å². The van der Waals surface area contributed by atoms with Gasteiger partial charge in [0.1, 0.15) is 0 Å². The Balaban J connectivity index is 2.05. The maximum Gasteiger partial charge on any atom is 0.495 e. The van der Waals surface area contributed by atoms with Crippen LogP contribution in [0.1, 0.15) is 38.1 Å². The Kier molecular flexibility index (Phi) is 3.38. The first-order valence-electron chi connectivity index (χ1n) is 7.13. The summed E-state index contributed by atoms with van der Waals surface area (Å²) in [5, 5.41) is 0. The fourth-order valence-corrected chi connectivity index (χ4v) is 2.41. The summed E-state index contributed by atoms with van der Waals surface area (Å²) < 4.78 is 27.6. The largest absolute Gasteiger partial charge is 0.495 e. The molecule has 1 saturated heterocycles. The van der Waals surface area contributed by atoms with Crippen LogP contribution >= 0.6 is 0 Å². The molecular weight excluding hydrogens is 287 g/mol. The predicted molar refractivity (Wildman–Crippen MR) is 79.6 cm³/mol. The third-order valence-electron chi connectivity index (χ3n) is 4.46. The van der Waals surface area contributed by atoms with Crippen LogP contribution in [-0.4, -0.2) is 38.2 Å². The first-order valence-corrected chi connectivity index (χ1v) is 7.13. The molecule has 0 N–H and O–H groups in total. The summed E-state index contributed by atoms with van der Waals surface area (Å²) >= 11 is 0. The minimum atomic E-state index is -0.673. The minimum Gasteiger partial charge on any atom is -0.465 e. The van der Waals surface area contributed by atoms with Crippen molar-refractivity contribution in [2.45, 2.75) is 38.9 Å². The van der Waals surface area contributed by atoms with Gasteiger partial charge in [0, 0.05) is 5.46 Å². The zero-order chi connectivity index (χ0) is 16.1. The van der Waals surface area contributed by atoms with E-state index < -0.39 is 24.3 Å². The van der Waals surface area contributed by atoms with Gasteiger partial charge < -0.3 is 23.5 Å². The van der Waals surface area contributed by atoms with Crippen LogP contribution in [-0.2, 0) is 14.0 Å². The Morgan fingerprint density at radius 3 is 2.18 bits per heavy atom. The van der Waals surface area contributed by atoms with Crippen molar-refractivity contribution < 1.29 is 28.3 Å². The molecule has 2 heterocycles. The molecule has 0 aliphatic carbocycles. The maximum absolute atomic E-state index is 12.1. The molecule has 1 fully saturated rings. The average Bonchev–Trinajstić information content (AvgIpc) is 2.98. The van der Waals surface area contributed by atoms with Crippen LogP contribution in [0.15, 0.2) is 12.1 Å². The highest BCUT2D eigenvalue weighted by molar-refractivity contribution is 6.63. The lowest BCUT2D eigenvalue weighted by atomic mass is 9.75. The van der Waals surface area contributed by atoms with E-state index in [9.17, 15) is 4.79 Å². The highest BCUT2D eigenvalue weighted by atomic mass is 16.7. The van der Waals surface area contributed by atoms with Gasteiger partial charge in [-0.2, -0.15) is 0 Å². The molecule has 1 aromatic carbocycles. The molecule has 0 bridgehead atoms. The van der Waals surface area contributed by atoms with Crippen molar-refractivity contribution in [1.82, 2.24) is 0 Å². The van der Waals surface area contributed by atoms with Crippen LogP contribution in [0.3, 0.4) is 0 Å². The van der Waals surface area contributed by atoms with Gasteiger partial charge in [-0.15, -0.1) is 0 Å². The van der Waals surface area contributed by atoms with E-state index in [1.807, 2.05) is 27.7 Å². The summed E-state index contributed by atoms with van der Waals surface area (Å²) in [6.07, 6.45) is 0. The maximum atomic E-state index is 12.1. The number of carbonyl (C=O) groups excluding carboxylic acids is 1. The molecule has 118 valence electrons. The number of esters is 1. The third kappa shape index (κ3) is 2.25. The van der Waals surface area contributed by atoms with E-state index >= 15 is 0 Å². The van der Waals surface area contributed by atoms with Crippen molar-refractivity contribution in [2.75, 3.05) is 13.9 Å². The zero-order valence-corrected chi connectivity index (χ0v) is 13.4. The predicted octanol–water partition coefficient (Wildman–Crippen LogP) is 1.50. The molecule has 0 unspecified atom stereocenters. The van der Waals surface area contributed by atoms with Crippen LogP contribution in [0.5, 0.6) is 11.5 Å². The van der Waals surface area contributed by atoms with Crippen molar-refractivity contribution in [3.05, 3.63) is 17.7 Å². The first-order chi connectivity index (χ1) is 10.2. The fraction of sp³-hybridized carbons (Fsp3) is 0.533. The zero-order valence-electron chi connectivity index (χ0n) is 13.4. The van der Waals surface area contributed by atoms with E-state index in [2.05, 4.69) is 0 Å². The lowest BCUT2D eigenvalue weighted by Crippen LogP contribution is -2.41. The number of ether oxygens (including phenoxy) is 3. The summed E-state index contributed by atoms with van der Waals surface area (Å²) in [7, 11) is 0.662. The molecule has 2 aliphatic heterocycles. The summed E-state index contributed by atoms with van der Waals surface area (Å²) in [5.74, 6) is 0.612. The molecular formula is C15H19BO6. The quantitative estimate of drug-likeness (QED) is 0.609. The summed E-state index contributed by atoms with van der Waals surface area (Å²) in [6, 6.07) is 3.32. The highest BCUT2D eigenvalue weighted by Crippen LogP contribution is 2.38. The summed E-state index contributed by atoms with van der Waals surface area (Å²) in [5.41, 5.74) is -0.0666. The van der Waals surface area contributed by atoms with Crippen LogP contribution in [0.25, 0.3) is 0 Å². The molecule has 1 aromatic rings. The number of hydrogen-bond donors (Lipinski definition) is 0. The normalized spacial score (nSPS) is 21.0. The van der Waals surface area contributed by atoms with E-state index in [4.69, 9.17) is 23.5 Å². The molecule has 7 heteroatoms. The second kappa shape index (κ2) is 4.89. The van der Waals surface area contributed by atoms with Crippen molar-refractivity contribution in [3.8, 4) is 11.5 Å². The minimum absolute atomic E-state index is 0.128. The lowest BCUT2D eigenvalue weighted by Gasteiger charge is -2.32. The average molecular weight is 306 g/mol. The SMILES string of the molecule is COC(=O)c1cc2c(cc1B1OC(C)(C)C(C)(C)O1)OCO2. The highest BCUT2D eigenvalue weighted by Gasteiger charge is 2.52. The van der Waals surface area contributed by atoms with Crippen LogP contribution in [0.2, 0.25) is 0 Å². The van der Waals surface area contributed by atoms with Gasteiger partial charge in [-0.3, -0.25) is 0 Å². The number of fused-ring (bicyclic) bond motifs is 1. The first kappa shape index (κ1) is 15.2. The number of carbonyl (C=O) groups is 1. The van der Waals surface area contributed by atoms with E-state index in [-0.39, 0.29) is 6.79 Å². The summed E-state index contributed by atoms with van der Waals surface area (Å²) in [6.45, 7) is 7.95. The van der Waals surface area contributed by atoms with Crippen molar-refractivity contribution in [1.29, 1.82) is 0 Å². The molecule has 3 rings (SSSR count). The van der Waals surface area contributed by atoms with Gasteiger partial charge in [0.2, 0.25) is 6.79 Å². The number of hydrogen-bond acceptors (Lipinski definition) is 6.